The number of hydrogen-bond acceptors (Lipinski definition) is 1. The number of ether oxygens (including phenoxy) is 1. The number of rotatable bonds is 3. The summed E-state index contributed by atoms with van der Waals surface area (Å²) < 4.78 is 6.11. The molecule has 1 nitrogen and oxygen atoms in total. The summed E-state index contributed by atoms with van der Waals surface area (Å²) in [7, 11) is 0. The molecule has 0 aromatic heterocycles. The van der Waals surface area contributed by atoms with Gasteiger partial charge >= 0.3 is 0 Å². The quantitative estimate of drug-likeness (QED) is 0.687. The molecule has 0 heterocycles. The number of halogens is 2. The summed E-state index contributed by atoms with van der Waals surface area (Å²) >= 11 is 12.1. The van der Waals surface area contributed by atoms with E-state index in [1.807, 2.05) is 18.2 Å². The lowest BCUT2D eigenvalue weighted by molar-refractivity contribution is 0.0999. The second kappa shape index (κ2) is 6.16. The summed E-state index contributed by atoms with van der Waals surface area (Å²) in [5.41, 5.74) is 0.909. The molecule has 0 amide bonds. The fourth-order valence-corrected chi connectivity index (χ4v) is 3.14. The monoisotopic (exact) mass is 286 g/mol. The van der Waals surface area contributed by atoms with Gasteiger partial charge in [-0.1, -0.05) is 31.5 Å². The minimum Gasteiger partial charge on any atom is -0.490 e. The maximum Gasteiger partial charge on any atom is 0.125 e. The SMILES string of the molecule is CC1CCC(Oc2cccc(Cl)c2CCl)CC1C. The van der Waals surface area contributed by atoms with Crippen molar-refractivity contribution >= 4 is 23.2 Å². The molecule has 1 fully saturated rings. The summed E-state index contributed by atoms with van der Waals surface area (Å²) in [6.45, 7) is 4.63. The van der Waals surface area contributed by atoms with Gasteiger partial charge in [-0.15, -0.1) is 11.6 Å². The van der Waals surface area contributed by atoms with Crippen molar-refractivity contribution < 1.29 is 4.74 Å². The van der Waals surface area contributed by atoms with E-state index < -0.39 is 0 Å². The van der Waals surface area contributed by atoms with Crippen LogP contribution in [0.2, 0.25) is 5.02 Å². The van der Waals surface area contributed by atoms with Crippen LogP contribution >= 0.6 is 23.2 Å². The van der Waals surface area contributed by atoms with E-state index in [1.54, 1.807) is 0 Å². The Balaban J connectivity index is 2.08. The lowest BCUT2D eigenvalue weighted by atomic mass is 9.80. The average Bonchev–Trinajstić information content (AvgIpc) is 2.34. The van der Waals surface area contributed by atoms with Crippen LogP contribution in [0.3, 0.4) is 0 Å². The third-order valence-corrected chi connectivity index (χ3v) is 4.67. The van der Waals surface area contributed by atoms with E-state index in [0.717, 1.165) is 36.0 Å². The van der Waals surface area contributed by atoms with Crippen LogP contribution in [0.5, 0.6) is 5.75 Å². The van der Waals surface area contributed by atoms with Gasteiger partial charge in [-0.3, -0.25) is 0 Å². The first kappa shape index (κ1) is 14.0. The first-order valence-electron chi connectivity index (χ1n) is 6.61. The Hall–Kier alpha value is -0.400. The van der Waals surface area contributed by atoms with Crippen molar-refractivity contribution in [3.8, 4) is 5.75 Å². The Labute approximate surface area is 119 Å². The summed E-state index contributed by atoms with van der Waals surface area (Å²) in [6, 6.07) is 5.74. The van der Waals surface area contributed by atoms with Crippen molar-refractivity contribution in [2.45, 2.75) is 45.1 Å². The van der Waals surface area contributed by atoms with E-state index in [4.69, 9.17) is 27.9 Å². The van der Waals surface area contributed by atoms with E-state index in [9.17, 15) is 0 Å². The van der Waals surface area contributed by atoms with Gasteiger partial charge in [0.1, 0.15) is 5.75 Å². The highest BCUT2D eigenvalue weighted by Crippen LogP contribution is 2.34. The van der Waals surface area contributed by atoms with E-state index in [-0.39, 0.29) is 0 Å². The van der Waals surface area contributed by atoms with Gasteiger partial charge in [-0.05, 0) is 43.2 Å². The highest BCUT2D eigenvalue weighted by atomic mass is 35.5. The number of benzene rings is 1. The first-order valence-corrected chi connectivity index (χ1v) is 7.53. The van der Waals surface area contributed by atoms with Gasteiger partial charge in [-0.2, -0.15) is 0 Å². The predicted octanol–water partition coefficient (Wildman–Crippen LogP) is 5.28. The molecule has 1 aromatic rings. The van der Waals surface area contributed by atoms with Crippen molar-refractivity contribution in [3.63, 3.8) is 0 Å². The Kier molecular flexibility index (Phi) is 4.80. The van der Waals surface area contributed by atoms with Crippen LogP contribution in [0.4, 0.5) is 0 Å². The van der Waals surface area contributed by atoms with Gasteiger partial charge in [0.05, 0.1) is 12.0 Å². The molecule has 1 saturated carbocycles. The Bertz CT molecular complexity index is 405. The molecule has 0 spiro atoms. The standard InChI is InChI=1S/C15H20Cl2O/c1-10-6-7-12(8-11(10)2)18-15-5-3-4-14(17)13(15)9-16/h3-5,10-12H,6-9H2,1-2H3. The molecule has 3 heteroatoms. The molecule has 3 unspecified atom stereocenters. The average molecular weight is 287 g/mol. The second-order valence-electron chi connectivity index (χ2n) is 5.36. The van der Waals surface area contributed by atoms with Crippen molar-refractivity contribution in [2.24, 2.45) is 11.8 Å². The number of alkyl halides is 1. The predicted molar refractivity (Wildman–Crippen MR) is 77.6 cm³/mol. The van der Waals surface area contributed by atoms with Crippen LogP contribution in [0.1, 0.15) is 38.7 Å². The van der Waals surface area contributed by atoms with Crippen molar-refractivity contribution in [3.05, 3.63) is 28.8 Å². The van der Waals surface area contributed by atoms with Crippen LogP contribution in [-0.4, -0.2) is 6.10 Å². The fourth-order valence-electron chi connectivity index (χ4n) is 2.56. The first-order chi connectivity index (χ1) is 8.61. The van der Waals surface area contributed by atoms with Crippen LogP contribution in [-0.2, 0) is 5.88 Å². The summed E-state index contributed by atoms with van der Waals surface area (Å²) in [5.74, 6) is 2.77. The van der Waals surface area contributed by atoms with Crippen molar-refractivity contribution in [2.75, 3.05) is 0 Å². The molecule has 0 bridgehead atoms. The van der Waals surface area contributed by atoms with Gasteiger partial charge in [0, 0.05) is 10.6 Å². The third kappa shape index (κ3) is 3.13. The molecule has 100 valence electrons. The van der Waals surface area contributed by atoms with E-state index in [0.29, 0.717) is 17.0 Å². The molecule has 2 rings (SSSR count). The largest absolute Gasteiger partial charge is 0.490 e. The normalized spacial score (nSPS) is 28.1. The van der Waals surface area contributed by atoms with E-state index in [1.165, 1.54) is 6.42 Å². The van der Waals surface area contributed by atoms with Crippen LogP contribution in [0.15, 0.2) is 18.2 Å². The molecular formula is C15H20Cl2O. The Morgan fingerprint density at radius 2 is 2.00 bits per heavy atom. The highest BCUT2D eigenvalue weighted by molar-refractivity contribution is 6.32. The van der Waals surface area contributed by atoms with Crippen molar-refractivity contribution in [1.82, 2.24) is 0 Å². The molecule has 0 N–H and O–H groups in total. The molecule has 1 aromatic carbocycles. The van der Waals surface area contributed by atoms with Gasteiger partial charge in [-0.25, -0.2) is 0 Å². The summed E-state index contributed by atoms with van der Waals surface area (Å²) in [4.78, 5) is 0. The topological polar surface area (TPSA) is 9.23 Å². The molecule has 3 atom stereocenters. The van der Waals surface area contributed by atoms with Crippen LogP contribution in [0.25, 0.3) is 0 Å². The third-order valence-electron chi connectivity index (χ3n) is 4.05. The lowest BCUT2D eigenvalue weighted by Crippen LogP contribution is -2.29. The lowest BCUT2D eigenvalue weighted by Gasteiger charge is -2.32. The molecule has 18 heavy (non-hydrogen) atoms. The van der Waals surface area contributed by atoms with E-state index in [2.05, 4.69) is 13.8 Å². The molecule has 0 aliphatic heterocycles. The maximum absolute atomic E-state index is 6.13. The summed E-state index contributed by atoms with van der Waals surface area (Å²) in [5, 5.41) is 0.694. The van der Waals surface area contributed by atoms with E-state index >= 15 is 0 Å². The Morgan fingerprint density at radius 3 is 2.67 bits per heavy atom. The smallest absolute Gasteiger partial charge is 0.125 e. The Morgan fingerprint density at radius 1 is 1.22 bits per heavy atom. The van der Waals surface area contributed by atoms with Gasteiger partial charge < -0.3 is 4.74 Å². The minimum absolute atomic E-state index is 0.302. The molecule has 1 aliphatic carbocycles. The summed E-state index contributed by atoms with van der Waals surface area (Å²) in [6.07, 6.45) is 3.79. The fraction of sp³-hybridized carbons (Fsp3) is 0.600. The number of hydrogen-bond donors (Lipinski definition) is 0. The zero-order valence-electron chi connectivity index (χ0n) is 11.0. The molecule has 1 aliphatic rings. The van der Waals surface area contributed by atoms with Crippen LogP contribution in [0, 0.1) is 11.8 Å². The van der Waals surface area contributed by atoms with Crippen molar-refractivity contribution in [1.29, 1.82) is 0 Å². The van der Waals surface area contributed by atoms with Gasteiger partial charge in [0.15, 0.2) is 0 Å². The second-order valence-corrected chi connectivity index (χ2v) is 6.03. The zero-order valence-corrected chi connectivity index (χ0v) is 12.5. The molecular weight excluding hydrogens is 267 g/mol. The van der Waals surface area contributed by atoms with Crippen LogP contribution < -0.4 is 4.74 Å². The molecule has 0 radical (unpaired) electrons. The molecule has 0 saturated heterocycles. The van der Waals surface area contributed by atoms with Gasteiger partial charge in [0.2, 0.25) is 0 Å². The minimum atomic E-state index is 0.302. The van der Waals surface area contributed by atoms with Gasteiger partial charge in [0.25, 0.3) is 0 Å². The highest BCUT2D eigenvalue weighted by Gasteiger charge is 2.26. The zero-order chi connectivity index (χ0) is 13.1. The maximum atomic E-state index is 6.13.